The predicted octanol–water partition coefficient (Wildman–Crippen LogP) is 3.08. The van der Waals surface area contributed by atoms with E-state index < -0.39 is 0 Å². The summed E-state index contributed by atoms with van der Waals surface area (Å²) in [6.45, 7) is 4.72. The third-order valence-corrected chi connectivity index (χ3v) is 3.56. The molecule has 5 nitrogen and oxygen atoms in total. The van der Waals surface area contributed by atoms with Crippen LogP contribution in [0.15, 0.2) is 48.2 Å². The minimum atomic E-state index is -0.380. The monoisotopic (exact) mass is 308 g/mol. The van der Waals surface area contributed by atoms with E-state index in [2.05, 4.69) is 10.4 Å². The molecule has 1 unspecified atom stereocenters. The number of aromatic nitrogens is 2. The maximum Gasteiger partial charge on any atom is 0.262 e. The Balaban J connectivity index is 2.15. The molecule has 1 N–H and O–H groups in total. The van der Waals surface area contributed by atoms with Crippen molar-refractivity contribution in [3.63, 3.8) is 0 Å². The van der Waals surface area contributed by atoms with Crippen molar-refractivity contribution < 1.29 is 4.79 Å². The molecule has 0 saturated heterocycles. The number of aryl methyl sites for hydroxylation is 1. The highest BCUT2D eigenvalue weighted by Crippen LogP contribution is 2.17. The standard InChI is InChI=1S/C18H20N4O/c1-3-17(14-8-6-5-7-9-14)20-18(23)15(13-19)12-16-10-11-22(4-2)21-16/h5-12,17H,3-4H2,1-2H3,(H,20,23)/b15-12+. The first-order valence-corrected chi connectivity index (χ1v) is 7.69. The summed E-state index contributed by atoms with van der Waals surface area (Å²) in [6.07, 6.45) is 4.08. The average molecular weight is 308 g/mol. The molecular formula is C18H20N4O. The summed E-state index contributed by atoms with van der Waals surface area (Å²) in [7, 11) is 0. The zero-order valence-electron chi connectivity index (χ0n) is 13.4. The van der Waals surface area contributed by atoms with Gasteiger partial charge in [-0.1, -0.05) is 37.3 Å². The second-order valence-corrected chi connectivity index (χ2v) is 5.11. The Hall–Kier alpha value is -2.87. The van der Waals surface area contributed by atoms with Crippen LogP contribution in [0.3, 0.4) is 0 Å². The van der Waals surface area contributed by atoms with E-state index in [0.717, 1.165) is 18.5 Å². The fraction of sp³-hybridized carbons (Fsp3) is 0.278. The molecule has 0 aliphatic heterocycles. The first-order chi connectivity index (χ1) is 11.2. The van der Waals surface area contributed by atoms with E-state index in [4.69, 9.17) is 0 Å². The van der Waals surface area contributed by atoms with Gasteiger partial charge in [0.05, 0.1) is 11.7 Å². The Kier molecular flexibility index (Phi) is 5.70. The smallest absolute Gasteiger partial charge is 0.262 e. The predicted molar refractivity (Wildman–Crippen MR) is 89.1 cm³/mol. The molecule has 1 aromatic carbocycles. The van der Waals surface area contributed by atoms with Crippen molar-refractivity contribution in [2.75, 3.05) is 0 Å². The molecule has 0 spiro atoms. The van der Waals surface area contributed by atoms with Crippen molar-refractivity contribution in [3.8, 4) is 6.07 Å². The fourth-order valence-electron chi connectivity index (χ4n) is 2.27. The largest absolute Gasteiger partial charge is 0.345 e. The van der Waals surface area contributed by atoms with E-state index in [1.807, 2.05) is 56.4 Å². The molecule has 1 atom stereocenters. The van der Waals surface area contributed by atoms with Crippen LogP contribution in [0.1, 0.15) is 37.6 Å². The second-order valence-electron chi connectivity index (χ2n) is 5.11. The maximum atomic E-state index is 12.4. The number of carbonyl (C=O) groups excluding carboxylic acids is 1. The van der Waals surface area contributed by atoms with E-state index in [1.54, 1.807) is 10.7 Å². The molecule has 0 aliphatic rings. The number of rotatable bonds is 6. The molecule has 1 heterocycles. The molecule has 2 aromatic rings. The van der Waals surface area contributed by atoms with Crippen LogP contribution in [-0.2, 0) is 11.3 Å². The molecule has 0 radical (unpaired) electrons. The number of nitriles is 1. The summed E-state index contributed by atoms with van der Waals surface area (Å²) in [5, 5.41) is 16.4. The van der Waals surface area contributed by atoms with Crippen LogP contribution in [0.25, 0.3) is 6.08 Å². The maximum absolute atomic E-state index is 12.4. The van der Waals surface area contributed by atoms with E-state index in [1.165, 1.54) is 6.08 Å². The highest BCUT2D eigenvalue weighted by molar-refractivity contribution is 6.01. The molecule has 0 aliphatic carbocycles. The lowest BCUT2D eigenvalue weighted by Crippen LogP contribution is -2.29. The zero-order valence-corrected chi connectivity index (χ0v) is 13.4. The van der Waals surface area contributed by atoms with Gasteiger partial charge in [-0.3, -0.25) is 9.48 Å². The lowest BCUT2D eigenvalue weighted by molar-refractivity contribution is -0.117. The number of hydrogen-bond acceptors (Lipinski definition) is 3. The van der Waals surface area contributed by atoms with Crippen LogP contribution in [0, 0.1) is 11.3 Å². The molecule has 1 aromatic heterocycles. The van der Waals surface area contributed by atoms with Crippen molar-refractivity contribution in [3.05, 3.63) is 59.4 Å². The van der Waals surface area contributed by atoms with Gasteiger partial charge in [0.2, 0.25) is 0 Å². The summed E-state index contributed by atoms with van der Waals surface area (Å²) in [5.74, 6) is -0.380. The van der Waals surface area contributed by atoms with E-state index in [9.17, 15) is 10.1 Å². The van der Waals surface area contributed by atoms with Gasteiger partial charge < -0.3 is 5.32 Å². The molecule has 0 saturated carbocycles. The van der Waals surface area contributed by atoms with Crippen molar-refractivity contribution in [2.45, 2.75) is 32.9 Å². The Labute approximate surface area is 136 Å². The molecule has 0 bridgehead atoms. The minimum absolute atomic E-state index is 0.0562. The summed E-state index contributed by atoms with van der Waals surface area (Å²) in [6, 6.07) is 13.4. The van der Waals surface area contributed by atoms with Crippen molar-refractivity contribution in [1.82, 2.24) is 15.1 Å². The zero-order chi connectivity index (χ0) is 16.7. The summed E-state index contributed by atoms with van der Waals surface area (Å²) in [4.78, 5) is 12.4. The van der Waals surface area contributed by atoms with Gasteiger partial charge in [0.25, 0.3) is 5.91 Å². The lowest BCUT2D eigenvalue weighted by atomic mass is 10.0. The third kappa shape index (κ3) is 4.30. The van der Waals surface area contributed by atoms with Crippen molar-refractivity contribution in [1.29, 1.82) is 5.26 Å². The molecule has 2 rings (SSSR count). The van der Waals surface area contributed by atoms with Gasteiger partial charge in [-0.2, -0.15) is 10.4 Å². The molecule has 118 valence electrons. The fourth-order valence-corrected chi connectivity index (χ4v) is 2.27. The quantitative estimate of drug-likeness (QED) is 0.658. The first-order valence-electron chi connectivity index (χ1n) is 7.69. The van der Waals surface area contributed by atoms with Crippen LogP contribution in [-0.4, -0.2) is 15.7 Å². The number of hydrogen-bond donors (Lipinski definition) is 1. The van der Waals surface area contributed by atoms with Gasteiger partial charge in [0, 0.05) is 12.7 Å². The minimum Gasteiger partial charge on any atom is -0.345 e. The number of carbonyl (C=O) groups is 1. The van der Waals surface area contributed by atoms with Crippen molar-refractivity contribution >= 4 is 12.0 Å². The average Bonchev–Trinajstić information content (AvgIpc) is 3.05. The van der Waals surface area contributed by atoms with Crippen LogP contribution in [0.2, 0.25) is 0 Å². The van der Waals surface area contributed by atoms with Gasteiger partial charge in [-0.05, 0) is 31.1 Å². The molecule has 23 heavy (non-hydrogen) atoms. The first kappa shape index (κ1) is 16.5. The molecule has 1 amide bonds. The van der Waals surface area contributed by atoms with Gasteiger partial charge in [0.15, 0.2) is 0 Å². The Bertz CT molecular complexity index is 725. The second kappa shape index (κ2) is 7.95. The number of amides is 1. The number of nitrogens with zero attached hydrogens (tertiary/aromatic N) is 3. The van der Waals surface area contributed by atoms with Crippen molar-refractivity contribution in [2.24, 2.45) is 0 Å². The SMILES string of the molecule is CCC(NC(=O)/C(C#N)=C/c1ccn(CC)n1)c1ccccc1. The number of benzene rings is 1. The van der Waals surface area contributed by atoms with E-state index in [-0.39, 0.29) is 17.5 Å². The Morgan fingerprint density at radius 2 is 2.09 bits per heavy atom. The summed E-state index contributed by atoms with van der Waals surface area (Å²) >= 11 is 0. The Morgan fingerprint density at radius 1 is 1.35 bits per heavy atom. The highest BCUT2D eigenvalue weighted by Gasteiger charge is 2.16. The molecule has 0 fully saturated rings. The van der Waals surface area contributed by atoms with E-state index >= 15 is 0 Å². The number of nitrogens with one attached hydrogen (secondary N) is 1. The van der Waals surface area contributed by atoms with Gasteiger partial charge >= 0.3 is 0 Å². The van der Waals surface area contributed by atoms with Gasteiger partial charge in [-0.15, -0.1) is 0 Å². The van der Waals surface area contributed by atoms with Gasteiger partial charge in [-0.25, -0.2) is 0 Å². The van der Waals surface area contributed by atoms with Crippen LogP contribution >= 0.6 is 0 Å². The molecular weight excluding hydrogens is 288 g/mol. The lowest BCUT2D eigenvalue weighted by Gasteiger charge is -2.17. The third-order valence-electron chi connectivity index (χ3n) is 3.56. The molecule has 5 heteroatoms. The Morgan fingerprint density at radius 3 is 2.65 bits per heavy atom. The summed E-state index contributed by atoms with van der Waals surface area (Å²) in [5.41, 5.74) is 1.68. The van der Waals surface area contributed by atoms with Crippen LogP contribution < -0.4 is 5.32 Å². The topological polar surface area (TPSA) is 70.7 Å². The highest BCUT2D eigenvalue weighted by atomic mass is 16.1. The van der Waals surface area contributed by atoms with Crippen LogP contribution in [0.5, 0.6) is 0 Å². The van der Waals surface area contributed by atoms with Crippen LogP contribution in [0.4, 0.5) is 0 Å². The van der Waals surface area contributed by atoms with E-state index in [0.29, 0.717) is 5.69 Å². The normalized spacial score (nSPS) is 12.5. The summed E-state index contributed by atoms with van der Waals surface area (Å²) < 4.78 is 1.75. The van der Waals surface area contributed by atoms with Gasteiger partial charge in [0.1, 0.15) is 11.6 Å².